The Morgan fingerprint density at radius 1 is 1.33 bits per heavy atom. The highest BCUT2D eigenvalue weighted by Gasteiger charge is 2.46. The van der Waals surface area contributed by atoms with Crippen molar-refractivity contribution in [1.29, 1.82) is 0 Å². The van der Waals surface area contributed by atoms with Crippen LogP contribution in [-0.4, -0.2) is 36.4 Å². The van der Waals surface area contributed by atoms with Gasteiger partial charge >= 0.3 is 0 Å². The molecule has 1 aliphatic heterocycles. The zero-order valence-electron chi connectivity index (χ0n) is 15.3. The third-order valence-electron chi connectivity index (χ3n) is 3.52. The maximum atomic E-state index is 12.7. The van der Waals surface area contributed by atoms with Gasteiger partial charge in [-0.1, -0.05) is 51.0 Å². The number of rotatable bonds is 4. The van der Waals surface area contributed by atoms with Gasteiger partial charge in [-0.05, 0) is 19.9 Å². The Kier molecular flexibility index (Phi) is 6.77. The highest BCUT2D eigenvalue weighted by atomic mass is 16.7. The first kappa shape index (κ1) is 20.0. The van der Waals surface area contributed by atoms with Crippen LogP contribution in [0, 0.1) is 17.3 Å². The number of allylic oxidation sites excluding steroid dienone is 5. The van der Waals surface area contributed by atoms with Crippen molar-refractivity contribution in [3.63, 3.8) is 0 Å². The summed E-state index contributed by atoms with van der Waals surface area (Å²) in [5, 5.41) is 0. The van der Waals surface area contributed by atoms with E-state index in [1.54, 1.807) is 37.6 Å². The molecule has 0 bridgehead atoms. The van der Waals surface area contributed by atoms with Gasteiger partial charge in [-0.2, -0.15) is 0 Å². The van der Waals surface area contributed by atoms with Crippen LogP contribution in [0.2, 0.25) is 0 Å². The number of carbonyl (C=O) groups is 1. The fourth-order valence-electron chi connectivity index (χ4n) is 2.07. The molecule has 1 atom stereocenters. The Bertz CT molecular complexity index is 615. The number of ether oxygens (including phenoxy) is 2. The molecular formula is C20H27NO3. The normalized spacial score (nSPS) is 22.0. The van der Waals surface area contributed by atoms with Crippen LogP contribution in [0.5, 0.6) is 0 Å². The summed E-state index contributed by atoms with van der Waals surface area (Å²) in [4.78, 5) is 14.2. The number of nitrogens with zero attached hydrogens (tertiary/aromatic N) is 1. The Labute approximate surface area is 145 Å². The average molecular weight is 329 g/mol. The van der Waals surface area contributed by atoms with Crippen LogP contribution in [0.25, 0.3) is 0 Å². The summed E-state index contributed by atoms with van der Waals surface area (Å²) in [6.07, 6.45) is 7.86. The van der Waals surface area contributed by atoms with Gasteiger partial charge in [0, 0.05) is 30.3 Å². The van der Waals surface area contributed by atoms with Crippen LogP contribution in [-0.2, 0) is 14.3 Å². The maximum absolute atomic E-state index is 12.7. The van der Waals surface area contributed by atoms with Gasteiger partial charge in [0.25, 0.3) is 5.91 Å². The predicted molar refractivity (Wildman–Crippen MR) is 96.8 cm³/mol. The first-order valence-corrected chi connectivity index (χ1v) is 7.84. The van der Waals surface area contributed by atoms with E-state index in [0.29, 0.717) is 12.2 Å². The SMILES string of the molecule is C=C/C=C\C(=C)C#C/C=C\N(C)C(=O)C1OC(C)(C)OCC1(C)C. The number of amides is 1. The van der Waals surface area contributed by atoms with Crippen molar-refractivity contribution in [2.24, 2.45) is 5.41 Å². The van der Waals surface area contributed by atoms with Crippen molar-refractivity contribution in [3.05, 3.63) is 49.2 Å². The average Bonchev–Trinajstić information content (AvgIpc) is 2.51. The molecule has 0 radical (unpaired) electrons. The number of hydrogen-bond donors (Lipinski definition) is 0. The van der Waals surface area contributed by atoms with Gasteiger partial charge in [-0.15, -0.1) is 0 Å². The number of likely N-dealkylation sites (N-methyl/N-ethyl adjacent to an activating group) is 1. The maximum Gasteiger partial charge on any atom is 0.256 e. The minimum atomic E-state index is -0.768. The molecule has 1 amide bonds. The van der Waals surface area contributed by atoms with Gasteiger partial charge < -0.3 is 14.4 Å². The molecule has 0 aromatic heterocycles. The van der Waals surface area contributed by atoms with E-state index in [4.69, 9.17) is 9.47 Å². The van der Waals surface area contributed by atoms with Crippen molar-refractivity contribution in [2.75, 3.05) is 13.7 Å². The van der Waals surface area contributed by atoms with Crippen molar-refractivity contribution in [1.82, 2.24) is 4.90 Å². The van der Waals surface area contributed by atoms with Crippen LogP contribution >= 0.6 is 0 Å². The molecule has 0 aromatic carbocycles. The Hall–Kier alpha value is -2.09. The molecule has 4 heteroatoms. The molecule has 130 valence electrons. The molecule has 1 aliphatic rings. The summed E-state index contributed by atoms with van der Waals surface area (Å²) in [5.74, 6) is 4.82. The van der Waals surface area contributed by atoms with E-state index in [9.17, 15) is 4.79 Å². The summed E-state index contributed by atoms with van der Waals surface area (Å²) >= 11 is 0. The van der Waals surface area contributed by atoms with Gasteiger partial charge in [-0.3, -0.25) is 4.79 Å². The van der Waals surface area contributed by atoms with Crippen LogP contribution in [0.15, 0.2) is 49.2 Å². The van der Waals surface area contributed by atoms with Crippen molar-refractivity contribution >= 4 is 5.91 Å². The van der Waals surface area contributed by atoms with Crippen LogP contribution in [0.4, 0.5) is 0 Å². The molecule has 0 saturated carbocycles. The van der Waals surface area contributed by atoms with E-state index < -0.39 is 17.3 Å². The topological polar surface area (TPSA) is 38.8 Å². The van der Waals surface area contributed by atoms with Gasteiger partial charge in [0.2, 0.25) is 0 Å². The molecule has 1 fully saturated rings. The lowest BCUT2D eigenvalue weighted by atomic mass is 9.85. The highest BCUT2D eigenvalue weighted by molar-refractivity contribution is 5.82. The molecule has 24 heavy (non-hydrogen) atoms. The fourth-order valence-corrected chi connectivity index (χ4v) is 2.07. The minimum Gasteiger partial charge on any atom is -0.350 e. The van der Waals surface area contributed by atoms with Gasteiger partial charge in [0.15, 0.2) is 5.79 Å². The Morgan fingerprint density at radius 3 is 2.62 bits per heavy atom. The monoisotopic (exact) mass is 329 g/mol. The van der Waals surface area contributed by atoms with Gasteiger partial charge in [-0.25, -0.2) is 0 Å². The summed E-state index contributed by atoms with van der Waals surface area (Å²) in [6, 6.07) is 0. The lowest BCUT2D eigenvalue weighted by Gasteiger charge is -2.45. The van der Waals surface area contributed by atoms with Crippen molar-refractivity contribution in [3.8, 4) is 11.8 Å². The quantitative estimate of drug-likeness (QED) is 0.586. The van der Waals surface area contributed by atoms with Gasteiger partial charge in [0.05, 0.1) is 6.61 Å². The minimum absolute atomic E-state index is 0.125. The van der Waals surface area contributed by atoms with E-state index >= 15 is 0 Å². The largest absolute Gasteiger partial charge is 0.350 e. The summed E-state index contributed by atoms with van der Waals surface area (Å²) < 4.78 is 11.5. The molecule has 0 aliphatic carbocycles. The van der Waals surface area contributed by atoms with E-state index in [1.807, 2.05) is 27.7 Å². The van der Waals surface area contributed by atoms with Crippen molar-refractivity contribution in [2.45, 2.75) is 39.6 Å². The third kappa shape index (κ3) is 5.84. The molecule has 0 spiro atoms. The predicted octanol–water partition coefficient (Wildman–Crippen LogP) is 3.44. The molecule has 1 rings (SSSR count). The molecule has 0 N–H and O–H groups in total. The number of hydrogen-bond acceptors (Lipinski definition) is 3. The van der Waals surface area contributed by atoms with E-state index in [2.05, 4.69) is 25.0 Å². The summed E-state index contributed by atoms with van der Waals surface area (Å²) in [5.41, 5.74) is 0.272. The highest BCUT2D eigenvalue weighted by Crippen LogP contribution is 2.35. The van der Waals surface area contributed by atoms with Crippen LogP contribution in [0.3, 0.4) is 0 Å². The van der Waals surface area contributed by atoms with Crippen LogP contribution in [0.1, 0.15) is 27.7 Å². The van der Waals surface area contributed by atoms with Crippen molar-refractivity contribution < 1.29 is 14.3 Å². The second-order valence-electron chi connectivity index (χ2n) is 6.83. The standard InChI is InChI=1S/C20H27NO3/c1-8-9-12-16(2)13-10-11-14-21(7)18(22)17-19(3,4)15-23-20(5,6)24-17/h8-9,11-12,14,17H,1-2,15H2,3-7H3/b12-9-,14-11-. The smallest absolute Gasteiger partial charge is 0.256 e. The second-order valence-corrected chi connectivity index (χ2v) is 6.83. The molecular weight excluding hydrogens is 302 g/mol. The molecule has 1 heterocycles. The first-order chi connectivity index (χ1) is 11.1. The van der Waals surface area contributed by atoms with E-state index in [0.717, 1.165) is 0 Å². The Balaban J connectivity index is 2.74. The van der Waals surface area contributed by atoms with E-state index in [-0.39, 0.29) is 5.91 Å². The lowest BCUT2D eigenvalue weighted by Crippen LogP contribution is -2.56. The summed E-state index contributed by atoms with van der Waals surface area (Å²) in [6.45, 7) is 15.4. The molecule has 4 nitrogen and oxygen atoms in total. The lowest BCUT2D eigenvalue weighted by molar-refractivity contribution is -0.305. The van der Waals surface area contributed by atoms with Gasteiger partial charge in [0.1, 0.15) is 6.10 Å². The molecule has 0 aromatic rings. The van der Waals surface area contributed by atoms with Crippen LogP contribution < -0.4 is 0 Å². The molecule has 1 saturated heterocycles. The van der Waals surface area contributed by atoms with E-state index in [1.165, 1.54) is 4.90 Å². The molecule has 1 unspecified atom stereocenters. The Morgan fingerprint density at radius 2 is 2.00 bits per heavy atom. The zero-order valence-corrected chi connectivity index (χ0v) is 15.3. The second kappa shape index (κ2) is 8.14. The number of carbonyl (C=O) groups excluding carboxylic acids is 1. The first-order valence-electron chi connectivity index (χ1n) is 7.84. The zero-order chi connectivity index (χ0) is 18.4. The third-order valence-corrected chi connectivity index (χ3v) is 3.52. The summed E-state index contributed by atoms with van der Waals surface area (Å²) in [7, 11) is 1.69. The fraction of sp³-hybridized carbons (Fsp3) is 0.450.